The summed E-state index contributed by atoms with van der Waals surface area (Å²) in [7, 11) is 0. The van der Waals surface area contributed by atoms with Crippen molar-refractivity contribution in [3.05, 3.63) is 17.6 Å². The molecule has 2 N–H and O–H groups in total. The van der Waals surface area contributed by atoms with E-state index in [1.54, 1.807) is 0 Å². The van der Waals surface area contributed by atoms with Gasteiger partial charge >= 0.3 is 0 Å². The van der Waals surface area contributed by atoms with E-state index in [-0.39, 0.29) is 11.5 Å². The predicted octanol–water partition coefficient (Wildman–Crippen LogP) is 3.31. The Morgan fingerprint density at radius 2 is 2.13 bits per heavy atom. The average Bonchev–Trinajstić information content (AvgIpc) is 3.13. The number of H-pyrrole nitrogens is 1. The molecule has 0 saturated heterocycles. The number of rotatable bonds is 7. The second kappa shape index (κ2) is 7.01. The van der Waals surface area contributed by atoms with Crippen LogP contribution in [0, 0.1) is 0 Å². The maximum absolute atomic E-state index is 5.50. The fourth-order valence-electron chi connectivity index (χ4n) is 3.48. The van der Waals surface area contributed by atoms with Crippen LogP contribution >= 0.6 is 0 Å². The SMILES string of the molecule is CCCOCNC(C)c1nnc2cc(C3(C)CCCCC3)[nH]n12. The Morgan fingerprint density at radius 3 is 2.87 bits per heavy atom. The van der Waals surface area contributed by atoms with Crippen LogP contribution in [0.1, 0.15) is 76.9 Å². The average molecular weight is 319 g/mol. The van der Waals surface area contributed by atoms with Gasteiger partial charge in [-0.2, -0.15) is 0 Å². The van der Waals surface area contributed by atoms with E-state index in [1.807, 2.05) is 4.52 Å². The number of aromatic amines is 1. The Hall–Kier alpha value is -1.40. The lowest BCUT2D eigenvalue weighted by Crippen LogP contribution is -2.26. The van der Waals surface area contributed by atoms with Crippen molar-refractivity contribution in [2.45, 2.75) is 70.8 Å². The number of hydrogen-bond acceptors (Lipinski definition) is 4. The van der Waals surface area contributed by atoms with E-state index in [1.165, 1.54) is 37.8 Å². The molecule has 1 saturated carbocycles. The molecule has 2 aromatic heterocycles. The highest BCUT2D eigenvalue weighted by Crippen LogP contribution is 2.38. The van der Waals surface area contributed by atoms with E-state index < -0.39 is 0 Å². The van der Waals surface area contributed by atoms with Gasteiger partial charge in [-0.25, -0.2) is 4.52 Å². The molecule has 1 aliphatic rings. The van der Waals surface area contributed by atoms with Crippen LogP contribution in [0.3, 0.4) is 0 Å². The summed E-state index contributed by atoms with van der Waals surface area (Å²) in [5.41, 5.74) is 2.44. The van der Waals surface area contributed by atoms with Gasteiger partial charge in [-0.3, -0.25) is 10.4 Å². The quantitative estimate of drug-likeness (QED) is 0.607. The molecule has 0 spiro atoms. The summed E-state index contributed by atoms with van der Waals surface area (Å²) in [6.45, 7) is 7.88. The van der Waals surface area contributed by atoms with Crippen molar-refractivity contribution >= 4 is 5.65 Å². The molecule has 2 aromatic rings. The van der Waals surface area contributed by atoms with Crippen LogP contribution in [0.2, 0.25) is 0 Å². The summed E-state index contributed by atoms with van der Waals surface area (Å²) in [5, 5.41) is 15.6. The monoisotopic (exact) mass is 319 g/mol. The molecule has 0 aliphatic heterocycles. The Bertz CT molecular complexity index is 626. The lowest BCUT2D eigenvalue weighted by atomic mass is 9.73. The van der Waals surface area contributed by atoms with E-state index in [2.05, 4.69) is 47.5 Å². The number of nitrogens with zero attached hydrogens (tertiary/aromatic N) is 3. The standard InChI is InChI=1S/C17H29N5O/c1-4-10-23-12-18-13(2)16-20-19-15-11-14(21-22(15)16)17(3)8-6-5-7-9-17/h11,13,18,21H,4-10,12H2,1-3H3. The molecule has 1 fully saturated rings. The fourth-order valence-corrected chi connectivity index (χ4v) is 3.48. The third-order valence-corrected chi connectivity index (χ3v) is 5.05. The van der Waals surface area contributed by atoms with Gasteiger partial charge in [0.05, 0.1) is 12.8 Å². The topological polar surface area (TPSA) is 67.2 Å². The van der Waals surface area contributed by atoms with Crippen LogP contribution < -0.4 is 5.32 Å². The molecule has 1 atom stereocenters. The van der Waals surface area contributed by atoms with Crippen LogP contribution in [-0.4, -0.2) is 33.1 Å². The first kappa shape index (κ1) is 16.5. The first-order valence-corrected chi connectivity index (χ1v) is 8.90. The molecule has 6 nitrogen and oxygen atoms in total. The zero-order valence-corrected chi connectivity index (χ0v) is 14.6. The van der Waals surface area contributed by atoms with Gasteiger partial charge in [-0.15, -0.1) is 10.2 Å². The van der Waals surface area contributed by atoms with Crippen molar-refractivity contribution in [1.29, 1.82) is 0 Å². The molecule has 128 valence electrons. The van der Waals surface area contributed by atoms with Gasteiger partial charge in [0.2, 0.25) is 0 Å². The largest absolute Gasteiger partial charge is 0.366 e. The highest BCUT2D eigenvalue weighted by atomic mass is 16.5. The molecule has 0 radical (unpaired) electrons. The molecular formula is C17H29N5O. The maximum atomic E-state index is 5.50. The van der Waals surface area contributed by atoms with Gasteiger partial charge in [-0.1, -0.05) is 33.1 Å². The summed E-state index contributed by atoms with van der Waals surface area (Å²) < 4.78 is 7.52. The Kier molecular flexibility index (Phi) is 5.02. The van der Waals surface area contributed by atoms with Gasteiger partial charge in [0.15, 0.2) is 11.5 Å². The van der Waals surface area contributed by atoms with Gasteiger partial charge in [0.1, 0.15) is 0 Å². The third kappa shape index (κ3) is 3.43. The second-order valence-corrected chi connectivity index (χ2v) is 7.02. The second-order valence-electron chi connectivity index (χ2n) is 7.02. The lowest BCUT2D eigenvalue weighted by Gasteiger charge is -2.32. The van der Waals surface area contributed by atoms with Crippen molar-refractivity contribution in [3.63, 3.8) is 0 Å². The summed E-state index contributed by atoms with van der Waals surface area (Å²) in [5.74, 6) is 0.908. The van der Waals surface area contributed by atoms with Crippen LogP contribution in [0.4, 0.5) is 0 Å². The maximum Gasteiger partial charge on any atom is 0.177 e. The molecule has 6 heteroatoms. The number of fused-ring (bicyclic) bond motifs is 1. The number of hydrogen-bond donors (Lipinski definition) is 2. The van der Waals surface area contributed by atoms with E-state index in [0.717, 1.165) is 24.5 Å². The van der Waals surface area contributed by atoms with Crippen molar-refractivity contribution in [2.75, 3.05) is 13.3 Å². The minimum absolute atomic E-state index is 0.0903. The normalized spacial score (nSPS) is 19.3. The third-order valence-electron chi connectivity index (χ3n) is 5.05. The predicted molar refractivity (Wildman–Crippen MR) is 90.4 cm³/mol. The molecule has 1 aliphatic carbocycles. The van der Waals surface area contributed by atoms with Crippen LogP contribution in [0.15, 0.2) is 6.07 Å². The summed E-state index contributed by atoms with van der Waals surface area (Å²) in [4.78, 5) is 0. The van der Waals surface area contributed by atoms with Crippen LogP contribution in [-0.2, 0) is 10.2 Å². The van der Waals surface area contributed by atoms with E-state index in [9.17, 15) is 0 Å². The Balaban J connectivity index is 1.75. The molecule has 3 rings (SSSR count). The highest BCUT2D eigenvalue weighted by molar-refractivity contribution is 5.41. The number of aromatic nitrogens is 4. The highest BCUT2D eigenvalue weighted by Gasteiger charge is 2.31. The summed E-state index contributed by atoms with van der Waals surface area (Å²) >= 11 is 0. The zero-order valence-electron chi connectivity index (χ0n) is 14.6. The zero-order chi connectivity index (χ0) is 16.3. The van der Waals surface area contributed by atoms with Crippen LogP contribution in [0.5, 0.6) is 0 Å². The Labute approximate surface area is 138 Å². The fraction of sp³-hybridized carbons (Fsp3) is 0.765. The number of nitrogens with one attached hydrogen (secondary N) is 2. The minimum atomic E-state index is 0.0903. The van der Waals surface area contributed by atoms with Gasteiger partial charge < -0.3 is 4.74 Å². The van der Waals surface area contributed by atoms with Gasteiger partial charge in [0.25, 0.3) is 0 Å². The molecule has 0 amide bonds. The minimum Gasteiger partial charge on any atom is -0.366 e. The van der Waals surface area contributed by atoms with Crippen LogP contribution in [0.25, 0.3) is 5.65 Å². The smallest absolute Gasteiger partial charge is 0.177 e. The van der Waals surface area contributed by atoms with E-state index >= 15 is 0 Å². The molecule has 0 aromatic carbocycles. The van der Waals surface area contributed by atoms with Crippen molar-refractivity contribution < 1.29 is 4.74 Å². The number of ether oxygens (including phenoxy) is 1. The summed E-state index contributed by atoms with van der Waals surface area (Å²) in [6, 6.07) is 2.26. The lowest BCUT2D eigenvalue weighted by molar-refractivity contribution is 0.109. The van der Waals surface area contributed by atoms with E-state index in [0.29, 0.717) is 6.73 Å². The van der Waals surface area contributed by atoms with Crippen molar-refractivity contribution in [3.8, 4) is 0 Å². The Morgan fingerprint density at radius 1 is 1.35 bits per heavy atom. The first-order valence-electron chi connectivity index (χ1n) is 8.90. The van der Waals surface area contributed by atoms with E-state index in [4.69, 9.17) is 4.74 Å². The van der Waals surface area contributed by atoms with Crippen molar-refractivity contribution in [2.24, 2.45) is 0 Å². The first-order chi connectivity index (χ1) is 11.1. The molecular weight excluding hydrogens is 290 g/mol. The molecule has 2 heterocycles. The molecule has 23 heavy (non-hydrogen) atoms. The van der Waals surface area contributed by atoms with Gasteiger partial charge in [0, 0.05) is 23.8 Å². The summed E-state index contributed by atoms with van der Waals surface area (Å²) in [6.07, 6.45) is 7.52. The van der Waals surface area contributed by atoms with Crippen molar-refractivity contribution in [1.82, 2.24) is 25.1 Å². The van der Waals surface area contributed by atoms with Gasteiger partial charge in [-0.05, 0) is 26.2 Å². The molecule has 0 bridgehead atoms. The molecule has 1 unspecified atom stereocenters.